The summed E-state index contributed by atoms with van der Waals surface area (Å²) in [6.45, 7) is 12.1. The van der Waals surface area contributed by atoms with Crippen molar-refractivity contribution in [3.05, 3.63) is 40.6 Å². The van der Waals surface area contributed by atoms with Gasteiger partial charge in [0.15, 0.2) is 0 Å². The van der Waals surface area contributed by atoms with Crippen molar-refractivity contribution in [3.63, 3.8) is 0 Å². The molecule has 19 heavy (non-hydrogen) atoms. The Morgan fingerprint density at radius 3 is 2.63 bits per heavy atom. The van der Waals surface area contributed by atoms with Crippen LogP contribution in [0.25, 0.3) is 0 Å². The van der Waals surface area contributed by atoms with E-state index in [1.54, 1.807) is 0 Å². The van der Waals surface area contributed by atoms with E-state index in [1.165, 1.54) is 16.8 Å². The zero-order chi connectivity index (χ0) is 14.0. The Balaban J connectivity index is 2.05. The fourth-order valence-electron chi connectivity index (χ4n) is 2.01. The third-order valence-electron chi connectivity index (χ3n) is 3.47. The predicted molar refractivity (Wildman–Crippen MR) is 76.2 cm³/mol. The van der Waals surface area contributed by atoms with E-state index in [9.17, 15) is 0 Å². The van der Waals surface area contributed by atoms with Gasteiger partial charge in [-0.15, -0.1) is 0 Å². The number of hydrogen-bond acceptors (Lipinski definition) is 3. The molecule has 0 unspecified atom stereocenters. The number of nitrogens with zero attached hydrogens (tertiary/aromatic N) is 2. The summed E-state index contributed by atoms with van der Waals surface area (Å²) in [7, 11) is 0. The molecule has 0 atom stereocenters. The van der Waals surface area contributed by atoms with Crippen LogP contribution in [0.15, 0.2) is 16.7 Å². The van der Waals surface area contributed by atoms with E-state index < -0.39 is 0 Å². The summed E-state index contributed by atoms with van der Waals surface area (Å²) >= 11 is 0. The van der Waals surface area contributed by atoms with Gasteiger partial charge in [0.05, 0.1) is 18.5 Å². The van der Waals surface area contributed by atoms with Gasteiger partial charge in [-0.05, 0) is 32.4 Å². The van der Waals surface area contributed by atoms with Gasteiger partial charge in [-0.2, -0.15) is 5.10 Å². The summed E-state index contributed by atoms with van der Waals surface area (Å²) in [4.78, 5) is 0. The molecule has 104 valence electrons. The van der Waals surface area contributed by atoms with Crippen LogP contribution in [-0.2, 0) is 13.1 Å². The molecule has 0 aliphatic rings. The van der Waals surface area contributed by atoms with Crippen LogP contribution in [0.3, 0.4) is 0 Å². The molecule has 2 aromatic heterocycles. The molecule has 2 aromatic rings. The highest BCUT2D eigenvalue weighted by atomic mass is 16.3. The van der Waals surface area contributed by atoms with Crippen molar-refractivity contribution in [2.75, 3.05) is 0 Å². The molecule has 0 aromatic carbocycles. The van der Waals surface area contributed by atoms with Gasteiger partial charge in [0.2, 0.25) is 0 Å². The lowest BCUT2D eigenvalue weighted by Gasteiger charge is -2.04. The van der Waals surface area contributed by atoms with Crippen LogP contribution in [0, 0.1) is 20.8 Å². The van der Waals surface area contributed by atoms with Gasteiger partial charge >= 0.3 is 0 Å². The first-order chi connectivity index (χ1) is 8.97. The van der Waals surface area contributed by atoms with Crippen molar-refractivity contribution in [2.45, 2.75) is 53.8 Å². The third-order valence-corrected chi connectivity index (χ3v) is 3.47. The van der Waals surface area contributed by atoms with E-state index in [0.29, 0.717) is 12.6 Å². The molecule has 2 heterocycles. The van der Waals surface area contributed by atoms with Crippen LogP contribution >= 0.6 is 0 Å². The average molecular weight is 261 g/mol. The van der Waals surface area contributed by atoms with Gasteiger partial charge in [0.25, 0.3) is 0 Å². The van der Waals surface area contributed by atoms with Crippen LogP contribution in [0.5, 0.6) is 0 Å². The van der Waals surface area contributed by atoms with E-state index in [0.717, 1.165) is 18.0 Å². The lowest BCUT2D eigenvalue weighted by atomic mass is 10.2. The molecule has 0 saturated carbocycles. The highest BCUT2D eigenvalue weighted by molar-refractivity contribution is 5.23. The molecule has 0 radical (unpaired) electrons. The summed E-state index contributed by atoms with van der Waals surface area (Å²) in [5.74, 6) is 0.950. The summed E-state index contributed by atoms with van der Waals surface area (Å²) in [5, 5.41) is 7.91. The summed E-state index contributed by atoms with van der Waals surface area (Å²) in [6, 6.07) is 2.58. The smallest absolute Gasteiger partial charge is 0.125 e. The zero-order valence-electron chi connectivity index (χ0n) is 12.4. The molecule has 0 saturated heterocycles. The number of furan rings is 1. The van der Waals surface area contributed by atoms with Crippen LogP contribution in [0.4, 0.5) is 0 Å². The van der Waals surface area contributed by atoms with Gasteiger partial charge < -0.3 is 9.73 Å². The first kappa shape index (κ1) is 13.9. The molecule has 0 aliphatic carbocycles. The van der Waals surface area contributed by atoms with E-state index in [2.05, 4.69) is 44.2 Å². The minimum atomic E-state index is 0.483. The van der Waals surface area contributed by atoms with Crippen LogP contribution in [0.2, 0.25) is 0 Å². The van der Waals surface area contributed by atoms with Crippen molar-refractivity contribution in [3.8, 4) is 0 Å². The van der Waals surface area contributed by atoms with E-state index in [4.69, 9.17) is 4.42 Å². The van der Waals surface area contributed by atoms with Gasteiger partial charge in [-0.25, -0.2) is 0 Å². The Bertz CT molecular complexity index is 552. The largest absolute Gasteiger partial charge is 0.467 e. The minimum absolute atomic E-state index is 0.483. The molecule has 4 heteroatoms. The zero-order valence-corrected chi connectivity index (χ0v) is 12.4. The quantitative estimate of drug-likeness (QED) is 0.900. The normalized spacial score (nSPS) is 11.5. The second kappa shape index (κ2) is 5.61. The Hall–Kier alpha value is -1.55. The van der Waals surface area contributed by atoms with Gasteiger partial charge in [-0.3, -0.25) is 4.68 Å². The fraction of sp³-hybridized carbons (Fsp3) is 0.533. The van der Waals surface area contributed by atoms with Crippen molar-refractivity contribution in [2.24, 2.45) is 0 Å². The van der Waals surface area contributed by atoms with E-state index in [-0.39, 0.29) is 0 Å². The van der Waals surface area contributed by atoms with Crippen LogP contribution < -0.4 is 5.32 Å². The first-order valence-corrected chi connectivity index (χ1v) is 6.77. The maximum atomic E-state index is 5.60. The fourth-order valence-corrected chi connectivity index (χ4v) is 2.01. The molecule has 0 spiro atoms. The molecule has 1 N–H and O–H groups in total. The number of aromatic nitrogens is 2. The summed E-state index contributed by atoms with van der Waals surface area (Å²) in [5.41, 5.74) is 4.73. The monoisotopic (exact) mass is 261 g/mol. The SMILES string of the molecule is Cc1nn(Cc2cc(CNC(C)C)co2)c(C)c1C. The second-order valence-electron chi connectivity index (χ2n) is 5.41. The Labute approximate surface area is 114 Å². The summed E-state index contributed by atoms with van der Waals surface area (Å²) < 4.78 is 7.61. The standard InChI is InChI=1S/C15H23N3O/c1-10(2)16-7-14-6-15(19-9-14)8-18-13(5)11(3)12(4)17-18/h6,9-10,16H,7-8H2,1-5H3. The Morgan fingerprint density at radius 2 is 2.05 bits per heavy atom. The minimum Gasteiger partial charge on any atom is -0.467 e. The van der Waals surface area contributed by atoms with Gasteiger partial charge in [0.1, 0.15) is 5.76 Å². The Morgan fingerprint density at radius 1 is 1.32 bits per heavy atom. The van der Waals surface area contributed by atoms with E-state index >= 15 is 0 Å². The third kappa shape index (κ3) is 3.26. The maximum Gasteiger partial charge on any atom is 0.125 e. The van der Waals surface area contributed by atoms with Crippen molar-refractivity contribution < 1.29 is 4.42 Å². The summed E-state index contributed by atoms with van der Waals surface area (Å²) in [6.07, 6.45) is 1.82. The topological polar surface area (TPSA) is 43.0 Å². The van der Waals surface area contributed by atoms with E-state index in [1.807, 2.05) is 17.9 Å². The second-order valence-corrected chi connectivity index (χ2v) is 5.41. The molecule has 0 fully saturated rings. The molecule has 2 rings (SSSR count). The number of aryl methyl sites for hydroxylation is 1. The lowest BCUT2D eigenvalue weighted by molar-refractivity contribution is 0.473. The van der Waals surface area contributed by atoms with Gasteiger partial charge in [-0.1, -0.05) is 13.8 Å². The molecular formula is C15H23N3O. The highest BCUT2D eigenvalue weighted by Gasteiger charge is 2.09. The van der Waals surface area contributed by atoms with Crippen LogP contribution in [-0.4, -0.2) is 15.8 Å². The Kier molecular flexibility index (Phi) is 4.10. The maximum absolute atomic E-state index is 5.60. The molecule has 0 amide bonds. The molecular weight excluding hydrogens is 238 g/mol. The molecule has 4 nitrogen and oxygen atoms in total. The highest BCUT2D eigenvalue weighted by Crippen LogP contribution is 2.15. The number of rotatable bonds is 5. The lowest BCUT2D eigenvalue weighted by Crippen LogP contribution is -2.21. The van der Waals surface area contributed by atoms with Crippen molar-refractivity contribution >= 4 is 0 Å². The molecule has 0 aliphatic heterocycles. The number of hydrogen-bond donors (Lipinski definition) is 1. The van der Waals surface area contributed by atoms with Crippen molar-refractivity contribution in [1.82, 2.24) is 15.1 Å². The van der Waals surface area contributed by atoms with Crippen LogP contribution in [0.1, 0.15) is 42.1 Å². The van der Waals surface area contributed by atoms with Crippen molar-refractivity contribution in [1.29, 1.82) is 0 Å². The molecule has 0 bridgehead atoms. The number of nitrogens with one attached hydrogen (secondary N) is 1. The first-order valence-electron chi connectivity index (χ1n) is 6.77. The predicted octanol–water partition coefficient (Wildman–Crippen LogP) is 2.95. The average Bonchev–Trinajstić information content (AvgIpc) is 2.89. The van der Waals surface area contributed by atoms with Gasteiger partial charge in [0, 0.05) is 23.8 Å².